The van der Waals surface area contributed by atoms with Crippen LogP contribution >= 0.6 is 0 Å². The van der Waals surface area contributed by atoms with E-state index in [4.69, 9.17) is 4.74 Å². The Morgan fingerprint density at radius 2 is 2.28 bits per heavy atom. The predicted octanol–water partition coefficient (Wildman–Crippen LogP) is 1.90. The van der Waals surface area contributed by atoms with Gasteiger partial charge in [0, 0.05) is 26.2 Å². The lowest BCUT2D eigenvalue weighted by molar-refractivity contribution is -0.140. The molecule has 1 heterocycles. The summed E-state index contributed by atoms with van der Waals surface area (Å²) >= 11 is 0. The van der Waals surface area contributed by atoms with Crippen LogP contribution < -0.4 is 10.2 Å². The molecule has 0 unspecified atom stereocenters. The summed E-state index contributed by atoms with van der Waals surface area (Å²) in [5.74, 6) is 0.646. The number of pyridine rings is 1. The Labute approximate surface area is 108 Å². The van der Waals surface area contributed by atoms with Crippen molar-refractivity contribution in [1.82, 2.24) is 4.98 Å². The molecular formula is C13H21N3O2. The molecule has 1 aromatic rings. The minimum atomic E-state index is -0.251. The minimum Gasteiger partial charge on any atom is -0.464 e. The van der Waals surface area contributed by atoms with Crippen molar-refractivity contribution in [1.29, 1.82) is 0 Å². The molecular weight excluding hydrogens is 230 g/mol. The molecule has 1 aromatic heterocycles. The lowest BCUT2D eigenvalue weighted by Crippen LogP contribution is -2.29. The lowest BCUT2D eigenvalue weighted by Gasteiger charge is -2.24. The van der Waals surface area contributed by atoms with Crippen LogP contribution in [0.25, 0.3) is 0 Å². The molecule has 0 amide bonds. The zero-order chi connectivity index (χ0) is 13.4. The van der Waals surface area contributed by atoms with Crippen molar-refractivity contribution < 1.29 is 9.53 Å². The first-order valence-electron chi connectivity index (χ1n) is 6.26. The van der Waals surface area contributed by atoms with Gasteiger partial charge < -0.3 is 15.0 Å². The fraction of sp³-hybridized carbons (Fsp3) is 0.538. The molecule has 0 spiro atoms. The number of esters is 1. The molecule has 0 saturated heterocycles. The van der Waals surface area contributed by atoms with Gasteiger partial charge in [0.15, 0.2) is 5.82 Å². The molecule has 1 N–H and O–H groups in total. The van der Waals surface area contributed by atoms with Gasteiger partial charge in [0.25, 0.3) is 0 Å². The molecule has 18 heavy (non-hydrogen) atoms. The number of likely N-dealkylation sites (N-methyl/N-ethyl adjacent to an activating group) is 1. The normalized spacial score (nSPS) is 9.94. The monoisotopic (exact) mass is 251 g/mol. The number of nitrogens with zero attached hydrogens (tertiary/aromatic N) is 2. The third-order valence-electron chi connectivity index (χ3n) is 2.50. The van der Waals surface area contributed by atoms with Gasteiger partial charge in [0.1, 0.15) is 6.61 Å². The number of aromatic nitrogens is 1. The molecule has 0 aliphatic rings. The van der Waals surface area contributed by atoms with Crippen LogP contribution in [0.5, 0.6) is 0 Å². The van der Waals surface area contributed by atoms with E-state index in [1.165, 1.54) is 6.92 Å². The first-order chi connectivity index (χ1) is 8.69. The summed E-state index contributed by atoms with van der Waals surface area (Å²) in [6.07, 6.45) is 1.77. The Balaban J connectivity index is 2.71. The fourth-order valence-corrected chi connectivity index (χ4v) is 1.69. The number of carbonyl (C=O) groups excluding carboxylic acids is 1. The van der Waals surface area contributed by atoms with Gasteiger partial charge in [-0.05, 0) is 26.0 Å². The topological polar surface area (TPSA) is 54.5 Å². The second kappa shape index (κ2) is 7.53. The summed E-state index contributed by atoms with van der Waals surface area (Å²) in [4.78, 5) is 17.2. The minimum absolute atomic E-state index is 0.251. The molecule has 0 aliphatic heterocycles. The summed E-state index contributed by atoms with van der Waals surface area (Å²) in [7, 11) is 0. The molecule has 100 valence electrons. The third-order valence-corrected chi connectivity index (χ3v) is 2.50. The molecule has 0 aliphatic carbocycles. The van der Waals surface area contributed by atoms with Crippen LogP contribution in [0.3, 0.4) is 0 Å². The Hall–Kier alpha value is -1.78. The fourth-order valence-electron chi connectivity index (χ4n) is 1.69. The van der Waals surface area contributed by atoms with Crippen LogP contribution in [0.1, 0.15) is 20.8 Å². The SMILES string of the molecule is CCNc1cccnc1N(CC)CCOC(C)=O. The second-order valence-corrected chi connectivity index (χ2v) is 3.82. The van der Waals surface area contributed by atoms with Crippen molar-refractivity contribution in [2.24, 2.45) is 0 Å². The van der Waals surface area contributed by atoms with Crippen molar-refractivity contribution in [2.45, 2.75) is 20.8 Å². The van der Waals surface area contributed by atoms with E-state index in [1.807, 2.05) is 19.1 Å². The number of carbonyl (C=O) groups is 1. The molecule has 0 bridgehead atoms. The lowest BCUT2D eigenvalue weighted by atomic mass is 10.3. The van der Waals surface area contributed by atoms with Gasteiger partial charge in [-0.15, -0.1) is 0 Å². The van der Waals surface area contributed by atoms with Gasteiger partial charge in [-0.25, -0.2) is 4.98 Å². The quantitative estimate of drug-likeness (QED) is 0.750. The molecule has 0 radical (unpaired) electrons. The van der Waals surface area contributed by atoms with Crippen molar-refractivity contribution in [3.8, 4) is 0 Å². The van der Waals surface area contributed by atoms with Gasteiger partial charge in [-0.1, -0.05) is 0 Å². The van der Waals surface area contributed by atoms with Gasteiger partial charge in [-0.2, -0.15) is 0 Å². The zero-order valence-electron chi connectivity index (χ0n) is 11.3. The van der Waals surface area contributed by atoms with E-state index in [0.717, 1.165) is 24.6 Å². The maximum atomic E-state index is 10.8. The van der Waals surface area contributed by atoms with E-state index in [1.54, 1.807) is 6.20 Å². The van der Waals surface area contributed by atoms with E-state index in [9.17, 15) is 4.79 Å². The van der Waals surface area contributed by atoms with Crippen molar-refractivity contribution in [3.63, 3.8) is 0 Å². The van der Waals surface area contributed by atoms with Crippen LogP contribution in [0.4, 0.5) is 11.5 Å². The summed E-state index contributed by atoms with van der Waals surface area (Å²) in [6.45, 7) is 8.21. The molecule has 5 nitrogen and oxygen atoms in total. The maximum absolute atomic E-state index is 10.8. The number of ether oxygens (including phenoxy) is 1. The van der Waals surface area contributed by atoms with Crippen molar-refractivity contribution in [3.05, 3.63) is 18.3 Å². The van der Waals surface area contributed by atoms with Gasteiger partial charge in [-0.3, -0.25) is 4.79 Å². The Kier molecular flexibility index (Phi) is 5.97. The van der Waals surface area contributed by atoms with Gasteiger partial charge in [0.2, 0.25) is 0 Å². The molecule has 0 aromatic carbocycles. The summed E-state index contributed by atoms with van der Waals surface area (Å²) in [5.41, 5.74) is 1.00. The molecule has 5 heteroatoms. The molecule has 0 atom stereocenters. The number of nitrogens with one attached hydrogen (secondary N) is 1. The summed E-state index contributed by atoms with van der Waals surface area (Å²) < 4.78 is 4.97. The molecule has 0 fully saturated rings. The number of hydrogen-bond donors (Lipinski definition) is 1. The van der Waals surface area contributed by atoms with E-state index < -0.39 is 0 Å². The van der Waals surface area contributed by atoms with Gasteiger partial charge in [0.05, 0.1) is 12.2 Å². The number of hydrogen-bond acceptors (Lipinski definition) is 5. The Bertz CT molecular complexity index is 382. The third kappa shape index (κ3) is 4.24. The highest BCUT2D eigenvalue weighted by Crippen LogP contribution is 2.21. The highest BCUT2D eigenvalue weighted by molar-refractivity contribution is 5.66. The average Bonchev–Trinajstić information content (AvgIpc) is 2.36. The van der Waals surface area contributed by atoms with E-state index >= 15 is 0 Å². The highest BCUT2D eigenvalue weighted by atomic mass is 16.5. The average molecular weight is 251 g/mol. The maximum Gasteiger partial charge on any atom is 0.302 e. The number of rotatable bonds is 7. The number of anilines is 2. The standard InChI is InChI=1S/C13H21N3O2/c1-4-14-12-7-6-8-15-13(12)16(5-2)9-10-18-11(3)17/h6-8,14H,4-5,9-10H2,1-3H3. The first kappa shape index (κ1) is 14.3. The molecule has 0 saturated carbocycles. The largest absolute Gasteiger partial charge is 0.464 e. The van der Waals surface area contributed by atoms with Crippen molar-refractivity contribution >= 4 is 17.5 Å². The van der Waals surface area contributed by atoms with Crippen LogP contribution in [-0.2, 0) is 9.53 Å². The summed E-state index contributed by atoms with van der Waals surface area (Å²) in [6, 6.07) is 3.90. The van der Waals surface area contributed by atoms with Crippen LogP contribution in [0.15, 0.2) is 18.3 Å². The van der Waals surface area contributed by atoms with Crippen LogP contribution in [-0.4, -0.2) is 37.2 Å². The van der Waals surface area contributed by atoms with Crippen LogP contribution in [0, 0.1) is 0 Å². The predicted molar refractivity (Wildman–Crippen MR) is 72.9 cm³/mol. The van der Waals surface area contributed by atoms with E-state index in [0.29, 0.717) is 13.2 Å². The Morgan fingerprint density at radius 3 is 2.89 bits per heavy atom. The highest BCUT2D eigenvalue weighted by Gasteiger charge is 2.10. The zero-order valence-corrected chi connectivity index (χ0v) is 11.3. The molecule has 1 rings (SSSR count). The van der Waals surface area contributed by atoms with E-state index in [2.05, 4.69) is 22.1 Å². The first-order valence-corrected chi connectivity index (χ1v) is 6.26. The van der Waals surface area contributed by atoms with Crippen molar-refractivity contribution in [2.75, 3.05) is 36.5 Å². The van der Waals surface area contributed by atoms with Gasteiger partial charge >= 0.3 is 5.97 Å². The van der Waals surface area contributed by atoms with Crippen LogP contribution in [0.2, 0.25) is 0 Å². The summed E-state index contributed by atoms with van der Waals surface area (Å²) in [5, 5.41) is 3.28. The second-order valence-electron chi connectivity index (χ2n) is 3.82. The Morgan fingerprint density at radius 1 is 1.50 bits per heavy atom. The smallest absolute Gasteiger partial charge is 0.302 e. The van der Waals surface area contributed by atoms with E-state index in [-0.39, 0.29) is 5.97 Å².